The van der Waals surface area contributed by atoms with E-state index >= 15 is 0 Å². The fourth-order valence-electron chi connectivity index (χ4n) is 2.96. The third kappa shape index (κ3) is 2.95. The molecule has 2 aromatic carbocycles. The Morgan fingerprint density at radius 3 is 3.00 bits per heavy atom. The average molecular weight is 361 g/mol. The molecule has 3 aromatic rings. The van der Waals surface area contributed by atoms with Gasteiger partial charge in [-0.2, -0.15) is 10.4 Å². The molecule has 0 radical (unpaired) electrons. The Bertz CT molecular complexity index is 1130. The largest absolute Gasteiger partial charge is 0.491 e. The molecule has 8 nitrogen and oxygen atoms in total. The molecule has 134 valence electrons. The molecule has 1 aromatic heterocycles. The summed E-state index contributed by atoms with van der Waals surface area (Å²) in [5.41, 5.74) is 2.63. The lowest BCUT2D eigenvalue weighted by atomic mass is 10.1. The van der Waals surface area contributed by atoms with Crippen LogP contribution in [0.4, 0.5) is 5.82 Å². The third-order valence-electron chi connectivity index (χ3n) is 4.39. The van der Waals surface area contributed by atoms with Crippen LogP contribution in [0.1, 0.15) is 31.8 Å². The van der Waals surface area contributed by atoms with Gasteiger partial charge < -0.3 is 15.4 Å². The molecule has 1 aliphatic rings. The molecule has 27 heavy (non-hydrogen) atoms. The number of nitriles is 1. The number of benzene rings is 2. The summed E-state index contributed by atoms with van der Waals surface area (Å²) in [6.07, 6.45) is 0. The van der Waals surface area contributed by atoms with Gasteiger partial charge in [0, 0.05) is 10.9 Å². The van der Waals surface area contributed by atoms with Crippen LogP contribution in [0.2, 0.25) is 0 Å². The van der Waals surface area contributed by atoms with Crippen LogP contribution in [0.5, 0.6) is 5.75 Å². The van der Waals surface area contributed by atoms with Crippen molar-refractivity contribution in [2.24, 2.45) is 0 Å². The molecule has 0 atom stereocenters. The second-order valence-electron chi connectivity index (χ2n) is 6.17. The predicted molar refractivity (Wildman–Crippen MR) is 97.8 cm³/mol. The number of fused-ring (bicyclic) bond motifs is 2. The van der Waals surface area contributed by atoms with Crippen molar-refractivity contribution < 1.29 is 14.3 Å². The lowest BCUT2D eigenvalue weighted by Gasteiger charge is -2.08. The van der Waals surface area contributed by atoms with E-state index in [9.17, 15) is 9.59 Å². The van der Waals surface area contributed by atoms with Gasteiger partial charge in [0.2, 0.25) is 0 Å². The lowest BCUT2D eigenvalue weighted by molar-refractivity contribution is 0.0957. The summed E-state index contributed by atoms with van der Waals surface area (Å²) in [5, 5.41) is 22.2. The van der Waals surface area contributed by atoms with Crippen molar-refractivity contribution in [2.45, 2.75) is 6.92 Å². The standard InChI is InChI=1S/C19H15N5O3/c1-10-6-13-15(8-12(10)9-20)23-24-17(13)22-18(25)11-2-3-16-14(7-11)19(26)21-4-5-27-16/h2-3,6-8H,4-5H2,1H3,(H,21,26)(H2,22,23,24,25). The summed E-state index contributed by atoms with van der Waals surface area (Å²) in [7, 11) is 0. The average Bonchev–Trinajstić information content (AvgIpc) is 2.95. The van der Waals surface area contributed by atoms with Gasteiger partial charge in [-0.05, 0) is 42.8 Å². The highest BCUT2D eigenvalue weighted by molar-refractivity contribution is 6.09. The van der Waals surface area contributed by atoms with Crippen LogP contribution < -0.4 is 15.4 Å². The Morgan fingerprint density at radius 2 is 2.19 bits per heavy atom. The molecule has 2 amide bonds. The third-order valence-corrected chi connectivity index (χ3v) is 4.39. The summed E-state index contributed by atoms with van der Waals surface area (Å²) in [6, 6.07) is 10.3. The number of rotatable bonds is 2. The van der Waals surface area contributed by atoms with Gasteiger partial charge in [-0.25, -0.2) is 0 Å². The normalized spacial score (nSPS) is 13.1. The Balaban J connectivity index is 1.65. The fourth-order valence-corrected chi connectivity index (χ4v) is 2.96. The first-order valence-electron chi connectivity index (χ1n) is 8.32. The fraction of sp³-hybridized carbons (Fsp3) is 0.158. The van der Waals surface area contributed by atoms with Crippen LogP contribution in [-0.4, -0.2) is 35.2 Å². The highest BCUT2D eigenvalue weighted by atomic mass is 16.5. The number of aromatic nitrogens is 2. The number of amides is 2. The lowest BCUT2D eigenvalue weighted by Crippen LogP contribution is -2.24. The SMILES string of the molecule is Cc1cc2c(NC(=O)c3ccc4c(c3)C(=O)NCCO4)n[nH]c2cc1C#N. The summed E-state index contributed by atoms with van der Waals surface area (Å²) < 4.78 is 5.49. The van der Waals surface area contributed by atoms with Crippen LogP contribution in [0, 0.1) is 18.3 Å². The van der Waals surface area contributed by atoms with Gasteiger partial charge in [0.1, 0.15) is 12.4 Å². The minimum absolute atomic E-state index is 0.276. The Kier molecular flexibility index (Phi) is 3.97. The van der Waals surface area contributed by atoms with E-state index in [0.717, 1.165) is 5.56 Å². The zero-order chi connectivity index (χ0) is 19.0. The number of aromatic amines is 1. The van der Waals surface area contributed by atoms with Crippen LogP contribution >= 0.6 is 0 Å². The first kappa shape index (κ1) is 16.6. The smallest absolute Gasteiger partial charge is 0.256 e. The molecule has 0 unspecified atom stereocenters. The zero-order valence-electron chi connectivity index (χ0n) is 14.4. The molecule has 0 fully saturated rings. The Labute approximate surface area is 154 Å². The number of nitrogens with zero attached hydrogens (tertiary/aromatic N) is 2. The van der Waals surface area contributed by atoms with Crippen molar-refractivity contribution in [3.8, 4) is 11.8 Å². The highest BCUT2D eigenvalue weighted by Crippen LogP contribution is 2.26. The Morgan fingerprint density at radius 1 is 1.33 bits per heavy atom. The second-order valence-corrected chi connectivity index (χ2v) is 6.17. The monoisotopic (exact) mass is 361 g/mol. The van der Waals surface area contributed by atoms with Crippen molar-refractivity contribution >= 4 is 28.5 Å². The van der Waals surface area contributed by atoms with E-state index in [1.54, 1.807) is 24.3 Å². The van der Waals surface area contributed by atoms with E-state index in [-0.39, 0.29) is 5.91 Å². The quantitative estimate of drug-likeness (QED) is 0.646. The maximum atomic E-state index is 12.7. The van der Waals surface area contributed by atoms with E-state index < -0.39 is 5.91 Å². The van der Waals surface area contributed by atoms with Gasteiger partial charge in [-0.1, -0.05) is 0 Å². The number of hydrogen-bond acceptors (Lipinski definition) is 5. The van der Waals surface area contributed by atoms with Gasteiger partial charge >= 0.3 is 0 Å². The van der Waals surface area contributed by atoms with E-state index in [4.69, 9.17) is 10.00 Å². The van der Waals surface area contributed by atoms with E-state index in [0.29, 0.717) is 52.3 Å². The van der Waals surface area contributed by atoms with E-state index in [1.807, 2.05) is 6.92 Å². The number of anilines is 1. The van der Waals surface area contributed by atoms with Crippen molar-refractivity contribution in [1.29, 1.82) is 5.26 Å². The highest BCUT2D eigenvalue weighted by Gasteiger charge is 2.19. The molecule has 0 bridgehead atoms. The van der Waals surface area contributed by atoms with Crippen LogP contribution in [0.15, 0.2) is 30.3 Å². The number of hydrogen-bond donors (Lipinski definition) is 3. The van der Waals surface area contributed by atoms with Crippen molar-refractivity contribution in [3.05, 3.63) is 52.6 Å². The molecule has 0 saturated heterocycles. The summed E-state index contributed by atoms with van der Waals surface area (Å²) in [4.78, 5) is 24.8. The predicted octanol–water partition coefficient (Wildman–Crippen LogP) is 2.12. The summed E-state index contributed by atoms with van der Waals surface area (Å²) in [5.74, 6) is 0.136. The van der Waals surface area contributed by atoms with E-state index in [2.05, 4.69) is 26.9 Å². The van der Waals surface area contributed by atoms with Gasteiger partial charge in [0.05, 0.1) is 29.3 Å². The van der Waals surface area contributed by atoms with Gasteiger partial charge in [-0.15, -0.1) is 0 Å². The van der Waals surface area contributed by atoms with Gasteiger partial charge in [0.15, 0.2) is 5.82 Å². The number of aryl methyl sites for hydroxylation is 1. The van der Waals surface area contributed by atoms with Crippen molar-refractivity contribution in [3.63, 3.8) is 0 Å². The molecule has 0 saturated carbocycles. The molecule has 3 N–H and O–H groups in total. The molecule has 8 heteroatoms. The maximum Gasteiger partial charge on any atom is 0.256 e. The first-order chi connectivity index (χ1) is 13.1. The first-order valence-corrected chi connectivity index (χ1v) is 8.32. The van der Waals surface area contributed by atoms with Crippen molar-refractivity contribution in [2.75, 3.05) is 18.5 Å². The van der Waals surface area contributed by atoms with Gasteiger partial charge in [-0.3, -0.25) is 14.7 Å². The number of nitrogens with one attached hydrogen (secondary N) is 3. The number of carbonyl (C=O) groups is 2. The van der Waals surface area contributed by atoms with E-state index in [1.165, 1.54) is 6.07 Å². The Hall–Kier alpha value is -3.86. The molecule has 2 heterocycles. The van der Waals surface area contributed by atoms with Crippen LogP contribution in [0.25, 0.3) is 10.9 Å². The molecule has 0 spiro atoms. The summed E-state index contributed by atoms with van der Waals surface area (Å²) in [6.45, 7) is 2.62. The summed E-state index contributed by atoms with van der Waals surface area (Å²) >= 11 is 0. The minimum atomic E-state index is -0.398. The zero-order valence-corrected chi connectivity index (χ0v) is 14.4. The second kappa shape index (κ2) is 6.46. The molecule has 4 rings (SSSR count). The van der Waals surface area contributed by atoms with Crippen LogP contribution in [0.3, 0.4) is 0 Å². The molecular formula is C19H15N5O3. The number of H-pyrrole nitrogens is 1. The van der Waals surface area contributed by atoms with Crippen LogP contribution in [-0.2, 0) is 0 Å². The van der Waals surface area contributed by atoms with Crippen molar-refractivity contribution in [1.82, 2.24) is 15.5 Å². The minimum Gasteiger partial charge on any atom is -0.491 e. The number of carbonyl (C=O) groups excluding carboxylic acids is 2. The van der Waals surface area contributed by atoms with Gasteiger partial charge in [0.25, 0.3) is 11.8 Å². The molecular weight excluding hydrogens is 346 g/mol. The molecule has 1 aliphatic heterocycles. The maximum absolute atomic E-state index is 12.7. The molecule has 0 aliphatic carbocycles. The number of ether oxygens (including phenoxy) is 1. The topological polar surface area (TPSA) is 120 Å².